The molecule has 0 bridgehead atoms. The Morgan fingerprint density at radius 1 is 1.36 bits per heavy atom. The van der Waals surface area contributed by atoms with Crippen LogP contribution in [0.25, 0.3) is 0 Å². The molecule has 3 heterocycles. The van der Waals surface area contributed by atoms with Gasteiger partial charge in [0.15, 0.2) is 0 Å². The third-order valence-electron chi connectivity index (χ3n) is 3.39. The number of carboxylic acids is 1. The summed E-state index contributed by atoms with van der Waals surface area (Å²) in [5.74, 6) is -0.948. The summed E-state index contributed by atoms with van der Waals surface area (Å²) in [6, 6.07) is 7.19. The topological polar surface area (TPSA) is 85.9 Å². The average molecular weight is 317 g/mol. The first-order valence-electron chi connectivity index (χ1n) is 6.82. The average Bonchev–Trinajstić information content (AvgIpc) is 3.23. The number of aliphatic carboxylic acids is 1. The molecule has 1 amide bonds. The zero-order valence-corrected chi connectivity index (χ0v) is 12.4. The lowest BCUT2D eigenvalue weighted by Crippen LogP contribution is -2.29. The molecule has 0 unspecified atom stereocenters. The minimum atomic E-state index is -1.24. The van der Waals surface area contributed by atoms with Gasteiger partial charge in [-0.05, 0) is 30.0 Å². The standard InChI is InChI=1S/C15H14N2O4S/c18-14(5-6-15(19)20)17-11(13-4-2-8-22-13)9-10(16-17)12-3-1-7-21-12/h1-4,7-8,11H,5-6,9H2,(H,19,20)/p-1/t11-/m0/s1. The van der Waals surface area contributed by atoms with Gasteiger partial charge in [0.1, 0.15) is 11.5 Å². The molecule has 0 aliphatic carbocycles. The van der Waals surface area contributed by atoms with Crippen molar-refractivity contribution in [3.63, 3.8) is 0 Å². The number of carbonyl (C=O) groups excluding carboxylic acids is 2. The fourth-order valence-corrected chi connectivity index (χ4v) is 3.17. The molecule has 114 valence electrons. The minimum absolute atomic E-state index is 0.126. The molecule has 0 radical (unpaired) electrons. The number of amides is 1. The van der Waals surface area contributed by atoms with Crippen molar-refractivity contribution in [2.75, 3.05) is 0 Å². The van der Waals surface area contributed by atoms with E-state index >= 15 is 0 Å². The van der Waals surface area contributed by atoms with E-state index < -0.39 is 5.97 Å². The van der Waals surface area contributed by atoms with Gasteiger partial charge in [-0.15, -0.1) is 11.3 Å². The fraction of sp³-hybridized carbons (Fsp3) is 0.267. The van der Waals surface area contributed by atoms with Gasteiger partial charge in [-0.2, -0.15) is 5.10 Å². The van der Waals surface area contributed by atoms with Crippen LogP contribution in [-0.4, -0.2) is 22.6 Å². The SMILES string of the molecule is O=C([O-])CCC(=O)N1N=C(c2ccco2)C[C@H]1c1cccs1. The number of hydrogen-bond acceptors (Lipinski definition) is 6. The van der Waals surface area contributed by atoms with E-state index in [1.54, 1.807) is 18.4 Å². The van der Waals surface area contributed by atoms with Crippen LogP contribution in [0.2, 0.25) is 0 Å². The molecule has 0 saturated heterocycles. The monoisotopic (exact) mass is 317 g/mol. The first kappa shape index (κ1) is 14.5. The van der Waals surface area contributed by atoms with Crippen LogP contribution in [0, 0.1) is 0 Å². The molecule has 2 aromatic heterocycles. The molecule has 22 heavy (non-hydrogen) atoms. The van der Waals surface area contributed by atoms with E-state index in [0.717, 1.165) is 4.88 Å². The highest BCUT2D eigenvalue weighted by molar-refractivity contribution is 7.10. The minimum Gasteiger partial charge on any atom is -0.550 e. The third-order valence-corrected chi connectivity index (χ3v) is 4.36. The summed E-state index contributed by atoms with van der Waals surface area (Å²) in [5, 5.41) is 18.2. The molecule has 2 aromatic rings. The molecule has 6 nitrogen and oxygen atoms in total. The molecular formula is C15H13N2O4S-. The second kappa shape index (κ2) is 6.15. The molecule has 0 saturated carbocycles. The molecule has 0 spiro atoms. The summed E-state index contributed by atoms with van der Waals surface area (Å²) < 4.78 is 5.34. The van der Waals surface area contributed by atoms with Gasteiger partial charge >= 0.3 is 0 Å². The third kappa shape index (κ3) is 2.94. The highest BCUT2D eigenvalue weighted by atomic mass is 32.1. The predicted octanol–water partition coefficient (Wildman–Crippen LogP) is 1.55. The Kier molecular flexibility index (Phi) is 4.06. The maximum Gasteiger partial charge on any atom is 0.243 e. The van der Waals surface area contributed by atoms with E-state index in [0.29, 0.717) is 17.9 Å². The molecular weight excluding hydrogens is 304 g/mol. The van der Waals surface area contributed by atoms with Crippen molar-refractivity contribution in [3.8, 4) is 0 Å². The Balaban J connectivity index is 1.84. The fourth-order valence-electron chi connectivity index (χ4n) is 2.36. The maximum absolute atomic E-state index is 12.3. The van der Waals surface area contributed by atoms with Gasteiger partial charge in [0, 0.05) is 23.7 Å². The van der Waals surface area contributed by atoms with Gasteiger partial charge in [-0.25, -0.2) is 5.01 Å². The Bertz CT molecular complexity index is 691. The van der Waals surface area contributed by atoms with Crippen LogP contribution in [0.1, 0.15) is 35.9 Å². The number of thiophene rings is 1. The van der Waals surface area contributed by atoms with Crippen molar-refractivity contribution >= 4 is 28.9 Å². The van der Waals surface area contributed by atoms with Crippen molar-refractivity contribution in [1.82, 2.24) is 5.01 Å². The van der Waals surface area contributed by atoms with Crippen LogP contribution < -0.4 is 5.11 Å². The quantitative estimate of drug-likeness (QED) is 0.837. The lowest BCUT2D eigenvalue weighted by atomic mass is 10.1. The first-order chi connectivity index (χ1) is 10.6. The highest BCUT2D eigenvalue weighted by Crippen LogP contribution is 2.35. The van der Waals surface area contributed by atoms with Crippen LogP contribution in [0.15, 0.2) is 45.4 Å². The van der Waals surface area contributed by atoms with E-state index in [1.807, 2.05) is 17.5 Å². The smallest absolute Gasteiger partial charge is 0.243 e. The van der Waals surface area contributed by atoms with Crippen LogP contribution in [0.3, 0.4) is 0 Å². The lowest BCUT2D eigenvalue weighted by molar-refractivity contribution is -0.305. The zero-order chi connectivity index (χ0) is 15.5. The molecule has 1 atom stereocenters. The second-order valence-electron chi connectivity index (χ2n) is 4.87. The molecule has 0 fully saturated rings. The Morgan fingerprint density at radius 3 is 2.86 bits per heavy atom. The van der Waals surface area contributed by atoms with E-state index in [9.17, 15) is 14.7 Å². The van der Waals surface area contributed by atoms with Gasteiger partial charge in [-0.1, -0.05) is 6.07 Å². The number of hydrazone groups is 1. The molecule has 1 aliphatic heterocycles. The molecule has 0 N–H and O–H groups in total. The summed E-state index contributed by atoms with van der Waals surface area (Å²) in [6.07, 6.45) is 1.67. The molecule has 1 aliphatic rings. The molecule has 7 heteroatoms. The van der Waals surface area contributed by atoms with Crippen LogP contribution in [0.4, 0.5) is 0 Å². The van der Waals surface area contributed by atoms with Crippen molar-refractivity contribution in [1.29, 1.82) is 0 Å². The van der Waals surface area contributed by atoms with Crippen molar-refractivity contribution in [3.05, 3.63) is 46.5 Å². The van der Waals surface area contributed by atoms with Gasteiger partial charge in [0.2, 0.25) is 5.91 Å². The molecule has 0 aromatic carbocycles. The van der Waals surface area contributed by atoms with E-state index in [2.05, 4.69) is 5.10 Å². The van der Waals surface area contributed by atoms with E-state index in [1.165, 1.54) is 16.3 Å². The number of carbonyl (C=O) groups is 2. The summed E-state index contributed by atoms with van der Waals surface area (Å²) in [4.78, 5) is 23.8. The van der Waals surface area contributed by atoms with Gasteiger partial charge in [-0.3, -0.25) is 4.79 Å². The normalized spacial score (nSPS) is 17.5. The lowest BCUT2D eigenvalue weighted by Gasteiger charge is -2.20. The summed E-state index contributed by atoms with van der Waals surface area (Å²) in [7, 11) is 0. The second-order valence-corrected chi connectivity index (χ2v) is 5.85. The first-order valence-corrected chi connectivity index (χ1v) is 7.70. The Hall–Kier alpha value is -2.41. The number of furan rings is 1. The van der Waals surface area contributed by atoms with Crippen LogP contribution in [0.5, 0.6) is 0 Å². The largest absolute Gasteiger partial charge is 0.550 e. The predicted molar refractivity (Wildman–Crippen MR) is 78.0 cm³/mol. The summed E-state index contributed by atoms with van der Waals surface area (Å²) in [6.45, 7) is 0. The van der Waals surface area contributed by atoms with Crippen molar-refractivity contribution < 1.29 is 19.1 Å². The summed E-state index contributed by atoms with van der Waals surface area (Å²) in [5.41, 5.74) is 0.685. The number of nitrogens with zero attached hydrogens (tertiary/aromatic N) is 2. The van der Waals surface area contributed by atoms with E-state index in [4.69, 9.17) is 4.42 Å². The highest BCUT2D eigenvalue weighted by Gasteiger charge is 2.34. The number of hydrogen-bond donors (Lipinski definition) is 0. The van der Waals surface area contributed by atoms with Crippen molar-refractivity contribution in [2.45, 2.75) is 25.3 Å². The molecule has 3 rings (SSSR count). The van der Waals surface area contributed by atoms with Crippen LogP contribution in [-0.2, 0) is 9.59 Å². The zero-order valence-electron chi connectivity index (χ0n) is 11.6. The number of rotatable bonds is 5. The van der Waals surface area contributed by atoms with Gasteiger partial charge in [0.25, 0.3) is 0 Å². The number of carboxylic acid groups (broad SMARTS) is 1. The Labute approximate surface area is 130 Å². The van der Waals surface area contributed by atoms with Gasteiger partial charge < -0.3 is 14.3 Å². The van der Waals surface area contributed by atoms with Crippen molar-refractivity contribution in [2.24, 2.45) is 5.10 Å². The maximum atomic E-state index is 12.3. The summed E-state index contributed by atoms with van der Waals surface area (Å²) >= 11 is 1.54. The van der Waals surface area contributed by atoms with Gasteiger partial charge in [0.05, 0.1) is 12.3 Å². The Morgan fingerprint density at radius 2 is 2.23 bits per heavy atom. The van der Waals surface area contributed by atoms with E-state index in [-0.39, 0.29) is 24.8 Å². The van der Waals surface area contributed by atoms with Crippen LogP contribution >= 0.6 is 11.3 Å².